The molecule has 0 radical (unpaired) electrons. The van der Waals surface area contributed by atoms with Crippen LogP contribution in [0.2, 0.25) is 0 Å². The molecule has 0 atom stereocenters. The number of methoxy groups -OCH3 is 1. The summed E-state index contributed by atoms with van der Waals surface area (Å²) in [7, 11) is 1.59. The van der Waals surface area contributed by atoms with Crippen molar-refractivity contribution in [2.75, 3.05) is 25.5 Å². The third-order valence-corrected chi connectivity index (χ3v) is 4.68. The molecule has 5 nitrogen and oxygen atoms in total. The molecule has 0 bridgehead atoms. The first kappa shape index (κ1) is 19.2. The maximum Gasteiger partial charge on any atom is 0.255 e. The molecule has 2 aromatic rings. The number of ether oxygens (including phenoxy) is 1. The van der Waals surface area contributed by atoms with Gasteiger partial charge in [-0.15, -0.1) is 0 Å². The SMILES string of the molecule is CCN(CC)C(=O)c1cccc(NC(=O)c2ccc(OC)c(I)c2)c1. The highest BCUT2D eigenvalue weighted by Gasteiger charge is 2.14. The number of carbonyl (C=O) groups is 2. The Hall–Kier alpha value is -2.09. The molecule has 0 aliphatic carbocycles. The number of hydrogen-bond donors (Lipinski definition) is 1. The number of carbonyl (C=O) groups excluding carboxylic acids is 2. The fourth-order valence-corrected chi connectivity index (χ4v) is 3.17. The van der Waals surface area contributed by atoms with Crippen LogP contribution in [-0.2, 0) is 0 Å². The van der Waals surface area contributed by atoms with E-state index in [9.17, 15) is 9.59 Å². The molecule has 6 heteroatoms. The van der Waals surface area contributed by atoms with Gasteiger partial charge in [0.1, 0.15) is 5.75 Å². The predicted octanol–water partition coefficient (Wildman–Crippen LogP) is 4.03. The highest BCUT2D eigenvalue weighted by atomic mass is 127. The molecule has 0 aliphatic heterocycles. The summed E-state index contributed by atoms with van der Waals surface area (Å²) in [4.78, 5) is 26.6. The fraction of sp³-hybridized carbons (Fsp3) is 0.263. The zero-order valence-electron chi connectivity index (χ0n) is 14.5. The fourth-order valence-electron chi connectivity index (χ4n) is 2.43. The van der Waals surface area contributed by atoms with Crippen molar-refractivity contribution >= 4 is 40.1 Å². The molecule has 2 rings (SSSR count). The number of anilines is 1. The van der Waals surface area contributed by atoms with E-state index >= 15 is 0 Å². The van der Waals surface area contributed by atoms with Crippen LogP contribution in [0.4, 0.5) is 5.69 Å². The van der Waals surface area contributed by atoms with Crippen LogP contribution in [0.5, 0.6) is 5.75 Å². The lowest BCUT2D eigenvalue weighted by atomic mass is 10.1. The first-order valence-electron chi connectivity index (χ1n) is 8.04. The molecule has 0 heterocycles. The smallest absolute Gasteiger partial charge is 0.255 e. The minimum atomic E-state index is -0.229. The van der Waals surface area contributed by atoms with Gasteiger partial charge in [0.05, 0.1) is 10.7 Å². The first-order valence-corrected chi connectivity index (χ1v) is 9.12. The number of benzene rings is 2. The molecular formula is C19H21IN2O3. The lowest BCUT2D eigenvalue weighted by Gasteiger charge is -2.19. The third kappa shape index (κ3) is 4.72. The van der Waals surface area contributed by atoms with Crippen molar-refractivity contribution in [3.8, 4) is 5.75 Å². The van der Waals surface area contributed by atoms with Crippen molar-refractivity contribution < 1.29 is 14.3 Å². The van der Waals surface area contributed by atoms with Gasteiger partial charge in [0, 0.05) is 29.9 Å². The summed E-state index contributed by atoms with van der Waals surface area (Å²) in [5.74, 6) is 0.456. The lowest BCUT2D eigenvalue weighted by Crippen LogP contribution is -2.30. The van der Waals surface area contributed by atoms with E-state index < -0.39 is 0 Å². The molecule has 1 N–H and O–H groups in total. The molecule has 0 aromatic heterocycles. The Morgan fingerprint density at radius 3 is 2.40 bits per heavy atom. The number of rotatable bonds is 6. The molecule has 0 aliphatic rings. The van der Waals surface area contributed by atoms with Gasteiger partial charge in [-0.1, -0.05) is 6.07 Å². The molecule has 0 fully saturated rings. The van der Waals surface area contributed by atoms with Crippen LogP contribution in [0, 0.1) is 3.57 Å². The van der Waals surface area contributed by atoms with E-state index in [4.69, 9.17) is 4.74 Å². The van der Waals surface area contributed by atoms with Crippen LogP contribution in [0.1, 0.15) is 34.6 Å². The Bertz CT molecular complexity index is 773. The summed E-state index contributed by atoms with van der Waals surface area (Å²) >= 11 is 2.12. The Balaban J connectivity index is 2.17. The van der Waals surface area contributed by atoms with Gasteiger partial charge in [0.2, 0.25) is 0 Å². The molecule has 132 valence electrons. The number of halogens is 1. The van der Waals surface area contributed by atoms with Crippen LogP contribution in [0.25, 0.3) is 0 Å². The van der Waals surface area contributed by atoms with Gasteiger partial charge in [-0.05, 0) is 72.8 Å². The second-order valence-corrected chi connectivity index (χ2v) is 6.52. The maximum absolute atomic E-state index is 12.4. The highest BCUT2D eigenvalue weighted by Crippen LogP contribution is 2.22. The summed E-state index contributed by atoms with van der Waals surface area (Å²) in [6.07, 6.45) is 0. The molecule has 2 aromatic carbocycles. The Morgan fingerprint density at radius 1 is 1.08 bits per heavy atom. The summed E-state index contributed by atoms with van der Waals surface area (Å²) in [6, 6.07) is 12.2. The Kier molecular flexibility index (Phi) is 6.81. The van der Waals surface area contributed by atoms with Gasteiger partial charge >= 0.3 is 0 Å². The zero-order chi connectivity index (χ0) is 18.4. The molecule has 0 spiro atoms. The Morgan fingerprint density at radius 2 is 1.80 bits per heavy atom. The van der Waals surface area contributed by atoms with Gasteiger partial charge in [0.25, 0.3) is 11.8 Å². The molecule has 25 heavy (non-hydrogen) atoms. The second-order valence-electron chi connectivity index (χ2n) is 5.36. The number of nitrogens with zero attached hydrogens (tertiary/aromatic N) is 1. The van der Waals surface area contributed by atoms with Crippen LogP contribution in [0.3, 0.4) is 0 Å². The van der Waals surface area contributed by atoms with Crippen LogP contribution >= 0.6 is 22.6 Å². The number of hydrogen-bond acceptors (Lipinski definition) is 3. The van der Waals surface area contributed by atoms with E-state index in [1.807, 2.05) is 13.8 Å². The monoisotopic (exact) mass is 452 g/mol. The summed E-state index contributed by atoms with van der Waals surface area (Å²) in [5, 5.41) is 2.84. The molecular weight excluding hydrogens is 431 g/mol. The summed E-state index contributed by atoms with van der Waals surface area (Å²) in [5.41, 5.74) is 1.69. The molecule has 0 saturated carbocycles. The molecule has 2 amide bonds. The van der Waals surface area contributed by atoms with Gasteiger partial charge in [0.15, 0.2) is 0 Å². The van der Waals surface area contributed by atoms with Gasteiger partial charge in [-0.25, -0.2) is 0 Å². The van der Waals surface area contributed by atoms with Crippen molar-refractivity contribution in [2.24, 2.45) is 0 Å². The minimum Gasteiger partial charge on any atom is -0.496 e. The largest absolute Gasteiger partial charge is 0.496 e. The van der Waals surface area contributed by atoms with E-state index in [2.05, 4.69) is 27.9 Å². The average molecular weight is 452 g/mol. The van der Waals surface area contributed by atoms with E-state index in [1.165, 1.54) is 0 Å². The summed E-state index contributed by atoms with van der Waals surface area (Å²) < 4.78 is 6.06. The van der Waals surface area contributed by atoms with Crippen molar-refractivity contribution in [3.63, 3.8) is 0 Å². The average Bonchev–Trinajstić information content (AvgIpc) is 2.62. The topological polar surface area (TPSA) is 58.6 Å². The predicted molar refractivity (Wildman–Crippen MR) is 107 cm³/mol. The van der Waals surface area contributed by atoms with Crippen LogP contribution < -0.4 is 10.1 Å². The minimum absolute atomic E-state index is 0.0416. The first-order chi connectivity index (χ1) is 12.0. The van der Waals surface area contributed by atoms with Gasteiger partial charge in [-0.2, -0.15) is 0 Å². The van der Waals surface area contributed by atoms with Crippen LogP contribution in [0.15, 0.2) is 42.5 Å². The highest BCUT2D eigenvalue weighted by molar-refractivity contribution is 14.1. The van der Waals surface area contributed by atoms with Gasteiger partial charge in [-0.3, -0.25) is 9.59 Å². The normalized spacial score (nSPS) is 10.2. The van der Waals surface area contributed by atoms with Crippen molar-refractivity contribution in [2.45, 2.75) is 13.8 Å². The Labute approximate surface area is 161 Å². The third-order valence-electron chi connectivity index (χ3n) is 3.83. The lowest BCUT2D eigenvalue weighted by molar-refractivity contribution is 0.0772. The molecule has 0 saturated heterocycles. The zero-order valence-corrected chi connectivity index (χ0v) is 16.7. The van der Waals surface area contributed by atoms with E-state index in [0.717, 1.165) is 9.32 Å². The van der Waals surface area contributed by atoms with Crippen molar-refractivity contribution in [3.05, 3.63) is 57.2 Å². The summed E-state index contributed by atoms with van der Waals surface area (Å²) in [6.45, 7) is 5.18. The number of amides is 2. The maximum atomic E-state index is 12.4. The standard InChI is InChI=1S/C19H21IN2O3/c1-4-22(5-2)19(24)14-7-6-8-15(11-14)21-18(23)13-9-10-17(25-3)16(20)12-13/h6-12H,4-5H2,1-3H3,(H,21,23). The second kappa shape index (κ2) is 8.84. The van der Waals surface area contributed by atoms with Crippen LogP contribution in [-0.4, -0.2) is 36.9 Å². The number of nitrogens with one attached hydrogen (secondary N) is 1. The van der Waals surface area contributed by atoms with Crippen molar-refractivity contribution in [1.82, 2.24) is 4.90 Å². The van der Waals surface area contributed by atoms with E-state index in [0.29, 0.717) is 29.9 Å². The van der Waals surface area contributed by atoms with E-state index in [1.54, 1.807) is 54.5 Å². The van der Waals surface area contributed by atoms with E-state index in [-0.39, 0.29) is 11.8 Å². The van der Waals surface area contributed by atoms with Gasteiger partial charge < -0.3 is 15.0 Å². The van der Waals surface area contributed by atoms with Crippen molar-refractivity contribution in [1.29, 1.82) is 0 Å². The molecule has 0 unspecified atom stereocenters. The quantitative estimate of drug-likeness (QED) is 0.674.